The maximum absolute atomic E-state index is 11.9. The fourth-order valence-electron chi connectivity index (χ4n) is 2.50. The molecule has 0 N–H and O–H groups in total. The Morgan fingerprint density at radius 3 is 2.71 bits per heavy atom. The molecule has 3 rings (SSSR count). The molecule has 0 radical (unpaired) electrons. The molecule has 0 aliphatic carbocycles. The molecule has 3 aromatic rings. The van der Waals surface area contributed by atoms with E-state index in [1.807, 2.05) is 6.07 Å². The van der Waals surface area contributed by atoms with Gasteiger partial charge in [-0.1, -0.05) is 46.0 Å². The highest BCUT2D eigenvalue weighted by Gasteiger charge is 2.13. The van der Waals surface area contributed by atoms with Gasteiger partial charge in [0.05, 0.1) is 17.9 Å². The van der Waals surface area contributed by atoms with Gasteiger partial charge in [0.25, 0.3) is 0 Å². The van der Waals surface area contributed by atoms with Crippen LogP contribution in [0.15, 0.2) is 34.9 Å². The topological polar surface area (TPSA) is 70.2 Å². The summed E-state index contributed by atoms with van der Waals surface area (Å²) in [6.07, 6.45) is 2.86. The van der Waals surface area contributed by atoms with Crippen molar-refractivity contribution in [1.82, 2.24) is 14.9 Å². The van der Waals surface area contributed by atoms with Crippen LogP contribution < -0.4 is 0 Å². The van der Waals surface area contributed by atoms with E-state index < -0.39 is 5.97 Å². The van der Waals surface area contributed by atoms with E-state index in [1.54, 1.807) is 42.8 Å². The first-order valence-corrected chi connectivity index (χ1v) is 9.40. The van der Waals surface area contributed by atoms with Crippen LogP contribution in [0.4, 0.5) is 0 Å². The highest BCUT2D eigenvalue weighted by Crippen LogP contribution is 2.26. The van der Waals surface area contributed by atoms with Gasteiger partial charge in [-0.15, -0.1) is 0 Å². The lowest BCUT2D eigenvalue weighted by Gasteiger charge is -2.06. The second-order valence-corrected chi connectivity index (χ2v) is 7.26. The highest BCUT2D eigenvalue weighted by atomic mass is 35.5. The maximum atomic E-state index is 11.9. The normalized spacial score (nSPS) is 11.3. The van der Waals surface area contributed by atoms with Crippen LogP contribution in [0.2, 0.25) is 15.2 Å². The summed E-state index contributed by atoms with van der Waals surface area (Å²) in [5.41, 5.74) is 2.84. The highest BCUT2D eigenvalue weighted by molar-refractivity contribution is 6.35. The van der Waals surface area contributed by atoms with E-state index in [4.69, 9.17) is 44.1 Å². The summed E-state index contributed by atoms with van der Waals surface area (Å²) in [5.74, 6) is -0.0564. The number of ether oxygens (including phenoxy) is 1. The molecule has 0 saturated heterocycles. The van der Waals surface area contributed by atoms with E-state index in [0.29, 0.717) is 38.8 Å². The number of carbonyl (C=O) groups excluding carboxylic acids is 1. The van der Waals surface area contributed by atoms with Crippen molar-refractivity contribution in [3.8, 4) is 0 Å². The van der Waals surface area contributed by atoms with E-state index in [-0.39, 0.29) is 6.61 Å². The first-order chi connectivity index (χ1) is 13.3. The second-order valence-electron chi connectivity index (χ2n) is 6.06. The summed E-state index contributed by atoms with van der Waals surface area (Å²) < 4.78 is 11.7. The molecule has 2 aromatic heterocycles. The van der Waals surface area contributed by atoms with Gasteiger partial charge in [-0.3, -0.25) is 0 Å². The van der Waals surface area contributed by atoms with Gasteiger partial charge in [0, 0.05) is 27.8 Å². The minimum absolute atomic E-state index is 0.00502. The molecule has 0 spiro atoms. The van der Waals surface area contributed by atoms with Gasteiger partial charge in [-0.2, -0.15) is 5.10 Å². The maximum Gasteiger partial charge on any atom is 0.331 e. The van der Waals surface area contributed by atoms with Gasteiger partial charge in [-0.05, 0) is 37.6 Å². The molecule has 9 heteroatoms. The number of nitrogens with zero attached hydrogens (tertiary/aromatic N) is 3. The predicted molar refractivity (Wildman–Crippen MR) is 108 cm³/mol. The van der Waals surface area contributed by atoms with Crippen molar-refractivity contribution in [2.45, 2.75) is 27.0 Å². The van der Waals surface area contributed by atoms with Crippen molar-refractivity contribution in [3.05, 3.63) is 73.8 Å². The van der Waals surface area contributed by atoms with Crippen LogP contribution in [0, 0.1) is 13.8 Å². The zero-order chi connectivity index (χ0) is 20.3. The Morgan fingerprint density at radius 1 is 1.25 bits per heavy atom. The minimum Gasteiger partial charge on any atom is -0.454 e. The van der Waals surface area contributed by atoms with Crippen molar-refractivity contribution >= 4 is 46.8 Å². The van der Waals surface area contributed by atoms with Crippen LogP contribution in [0.5, 0.6) is 0 Å². The quantitative estimate of drug-likeness (QED) is 0.386. The van der Waals surface area contributed by atoms with Crippen LogP contribution >= 0.6 is 34.8 Å². The van der Waals surface area contributed by atoms with Crippen LogP contribution in [0.1, 0.15) is 28.3 Å². The van der Waals surface area contributed by atoms with E-state index >= 15 is 0 Å². The van der Waals surface area contributed by atoms with Gasteiger partial charge in [0.2, 0.25) is 0 Å². The lowest BCUT2D eigenvalue weighted by molar-refractivity contribution is -0.139. The van der Waals surface area contributed by atoms with Gasteiger partial charge in [0.1, 0.15) is 5.15 Å². The van der Waals surface area contributed by atoms with E-state index in [1.165, 1.54) is 6.08 Å². The molecule has 0 aliphatic heterocycles. The molecule has 0 saturated carbocycles. The average molecular weight is 441 g/mol. The lowest BCUT2D eigenvalue weighted by atomic mass is 10.2. The molecule has 0 atom stereocenters. The fourth-order valence-corrected chi connectivity index (χ4v) is 3.26. The van der Waals surface area contributed by atoms with Gasteiger partial charge < -0.3 is 9.26 Å². The van der Waals surface area contributed by atoms with E-state index in [9.17, 15) is 4.79 Å². The standard InChI is InChI=1S/C19H16Cl3N3O3/c1-11-7-15(28-24-11)10-27-18(26)6-5-16-12(2)23-25(19(16)22)9-13-3-4-14(20)8-17(13)21/h3-8H,9-10H2,1-2H3/b6-5+. The molecule has 146 valence electrons. The Kier molecular flexibility index (Phi) is 6.44. The summed E-state index contributed by atoms with van der Waals surface area (Å²) in [4.78, 5) is 11.9. The molecule has 1 aromatic carbocycles. The summed E-state index contributed by atoms with van der Waals surface area (Å²) in [6, 6.07) is 6.93. The molecular weight excluding hydrogens is 425 g/mol. The molecule has 0 fully saturated rings. The van der Waals surface area contributed by atoms with Gasteiger partial charge >= 0.3 is 5.97 Å². The fraction of sp³-hybridized carbons (Fsp3) is 0.211. The third kappa shape index (κ3) is 4.95. The molecule has 0 amide bonds. The van der Waals surface area contributed by atoms with Crippen molar-refractivity contribution in [3.63, 3.8) is 0 Å². The SMILES string of the molecule is Cc1cc(COC(=O)/C=C/c2c(C)nn(Cc3ccc(Cl)cc3Cl)c2Cl)on1. The molecule has 6 nitrogen and oxygen atoms in total. The molecule has 0 aliphatic rings. The zero-order valence-corrected chi connectivity index (χ0v) is 17.3. The number of aryl methyl sites for hydroxylation is 2. The number of carbonyl (C=O) groups is 1. The number of benzene rings is 1. The Bertz CT molecular complexity index is 1040. The van der Waals surface area contributed by atoms with Gasteiger partial charge in [-0.25, -0.2) is 9.48 Å². The number of rotatable bonds is 6. The first-order valence-electron chi connectivity index (χ1n) is 8.27. The molecular formula is C19H16Cl3N3O3. The molecule has 28 heavy (non-hydrogen) atoms. The minimum atomic E-state index is -0.530. The molecule has 2 heterocycles. The lowest BCUT2D eigenvalue weighted by Crippen LogP contribution is -2.02. The Labute approximate surface area is 176 Å². The van der Waals surface area contributed by atoms with Crippen LogP contribution in [0.3, 0.4) is 0 Å². The smallest absolute Gasteiger partial charge is 0.331 e. The summed E-state index contributed by atoms with van der Waals surface area (Å²) in [7, 11) is 0. The Morgan fingerprint density at radius 2 is 2.04 bits per heavy atom. The first kappa shape index (κ1) is 20.5. The van der Waals surface area contributed by atoms with E-state index in [2.05, 4.69) is 10.3 Å². The second kappa shape index (κ2) is 8.82. The Balaban J connectivity index is 1.68. The number of halogens is 3. The monoisotopic (exact) mass is 439 g/mol. The van der Waals surface area contributed by atoms with Crippen LogP contribution in [-0.2, 0) is 22.7 Å². The van der Waals surface area contributed by atoms with E-state index in [0.717, 1.165) is 11.3 Å². The third-order valence-corrected chi connectivity index (χ3v) is 4.85. The molecule has 0 unspecified atom stereocenters. The predicted octanol–water partition coefficient (Wildman–Crippen LogP) is 5.25. The van der Waals surface area contributed by atoms with Crippen LogP contribution in [-0.4, -0.2) is 20.9 Å². The summed E-state index contributed by atoms with van der Waals surface area (Å²) in [5, 5.41) is 9.61. The van der Waals surface area contributed by atoms with Crippen molar-refractivity contribution in [1.29, 1.82) is 0 Å². The Hall–Kier alpha value is -2.28. The summed E-state index contributed by atoms with van der Waals surface area (Å²) >= 11 is 18.6. The van der Waals surface area contributed by atoms with Gasteiger partial charge in [0.15, 0.2) is 12.4 Å². The van der Waals surface area contributed by atoms with Crippen LogP contribution in [0.25, 0.3) is 6.08 Å². The number of hydrogen-bond donors (Lipinski definition) is 0. The van der Waals surface area contributed by atoms with Crippen molar-refractivity contribution in [2.24, 2.45) is 0 Å². The average Bonchev–Trinajstić information content (AvgIpc) is 3.17. The number of aromatic nitrogens is 3. The summed E-state index contributed by atoms with van der Waals surface area (Å²) in [6.45, 7) is 3.96. The van der Waals surface area contributed by atoms with Crippen molar-refractivity contribution in [2.75, 3.05) is 0 Å². The number of esters is 1. The van der Waals surface area contributed by atoms with Crippen molar-refractivity contribution < 1.29 is 14.1 Å². The number of hydrogen-bond acceptors (Lipinski definition) is 5. The third-order valence-electron chi connectivity index (χ3n) is 3.86. The zero-order valence-electron chi connectivity index (χ0n) is 15.1. The molecule has 0 bridgehead atoms. The largest absolute Gasteiger partial charge is 0.454 e.